The van der Waals surface area contributed by atoms with Crippen molar-refractivity contribution in [3.8, 4) is 6.07 Å². The minimum atomic E-state index is -1.36. The lowest BCUT2D eigenvalue weighted by atomic mass is 9.75. The molecule has 0 saturated heterocycles. The van der Waals surface area contributed by atoms with Crippen LogP contribution < -0.4 is 5.32 Å². The number of nitrogens with one attached hydrogen (secondary N) is 1. The van der Waals surface area contributed by atoms with Gasteiger partial charge in [-0.1, -0.05) is 30.3 Å². The van der Waals surface area contributed by atoms with Gasteiger partial charge in [0.2, 0.25) is 5.91 Å². The molecule has 1 atom stereocenters. The van der Waals surface area contributed by atoms with Crippen molar-refractivity contribution < 1.29 is 14.0 Å². The maximum absolute atomic E-state index is 13.4. The molecule has 1 amide bonds. The zero-order valence-corrected chi connectivity index (χ0v) is 12.9. The lowest BCUT2D eigenvalue weighted by Crippen LogP contribution is -2.41. The fourth-order valence-electron chi connectivity index (χ4n) is 2.92. The average Bonchev–Trinajstić information content (AvgIpc) is 2.61. The molecule has 0 aliphatic carbocycles. The van der Waals surface area contributed by atoms with Crippen LogP contribution in [0.25, 0.3) is 0 Å². The van der Waals surface area contributed by atoms with E-state index >= 15 is 0 Å². The zero-order valence-electron chi connectivity index (χ0n) is 12.9. The third-order valence-electron chi connectivity index (χ3n) is 4.33. The van der Waals surface area contributed by atoms with E-state index in [1.165, 1.54) is 18.2 Å². The van der Waals surface area contributed by atoms with Gasteiger partial charge >= 0.3 is 0 Å². The molecule has 0 fully saturated rings. The molecule has 4 nitrogen and oxygen atoms in total. The number of hydrogen-bond donors (Lipinski definition) is 1. The number of anilines is 1. The van der Waals surface area contributed by atoms with Gasteiger partial charge in [-0.3, -0.25) is 9.59 Å². The second-order valence-corrected chi connectivity index (χ2v) is 5.92. The van der Waals surface area contributed by atoms with E-state index in [1.807, 2.05) is 12.1 Å². The molecular weight excluding hydrogens is 307 g/mol. The van der Waals surface area contributed by atoms with Gasteiger partial charge in [0.05, 0.1) is 6.07 Å². The van der Waals surface area contributed by atoms with E-state index in [0.717, 1.165) is 0 Å². The standard InChI is InChI=1S/C19H15FN2O2/c20-15-6-7-16-14(10-15)11-19(12-21,18(24)22-16)9-8-17(23)13-4-2-1-3-5-13/h1-7,10H,8-9,11H2,(H,22,24)/t19-/m0/s1. The number of halogens is 1. The quantitative estimate of drug-likeness (QED) is 0.876. The third kappa shape index (κ3) is 2.91. The number of fused-ring (bicyclic) bond motifs is 1. The largest absolute Gasteiger partial charge is 0.324 e. The summed E-state index contributed by atoms with van der Waals surface area (Å²) >= 11 is 0. The van der Waals surface area contributed by atoms with E-state index in [9.17, 15) is 19.2 Å². The van der Waals surface area contributed by atoms with Crippen LogP contribution in [0.3, 0.4) is 0 Å². The summed E-state index contributed by atoms with van der Waals surface area (Å²) in [6.07, 6.45) is 0.277. The first-order valence-corrected chi connectivity index (χ1v) is 7.63. The van der Waals surface area contributed by atoms with Gasteiger partial charge in [-0.05, 0) is 30.2 Å². The van der Waals surface area contributed by atoms with Crippen LogP contribution >= 0.6 is 0 Å². The van der Waals surface area contributed by atoms with Crippen molar-refractivity contribution in [2.45, 2.75) is 19.3 Å². The van der Waals surface area contributed by atoms with Gasteiger partial charge in [0, 0.05) is 24.1 Å². The Balaban J connectivity index is 1.81. The molecule has 1 heterocycles. The Labute approximate surface area is 138 Å². The lowest BCUT2D eigenvalue weighted by molar-refractivity contribution is -0.123. The highest BCUT2D eigenvalue weighted by molar-refractivity contribution is 6.01. The Morgan fingerprint density at radius 3 is 2.71 bits per heavy atom. The molecule has 24 heavy (non-hydrogen) atoms. The van der Waals surface area contributed by atoms with Gasteiger partial charge in [0.25, 0.3) is 0 Å². The van der Waals surface area contributed by atoms with Gasteiger partial charge in [-0.15, -0.1) is 0 Å². The maximum Gasteiger partial charge on any atom is 0.245 e. The second kappa shape index (κ2) is 6.25. The first-order chi connectivity index (χ1) is 11.5. The second-order valence-electron chi connectivity index (χ2n) is 5.92. The van der Waals surface area contributed by atoms with Crippen LogP contribution in [0.2, 0.25) is 0 Å². The number of Topliss-reactive ketones (excluding diaryl/α,β-unsaturated/α-hetero) is 1. The first kappa shape index (κ1) is 15.9. The van der Waals surface area contributed by atoms with Crippen LogP contribution in [-0.4, -0.2) is 11.7 Å². The van der Waals surface area contributed by atoms with E-state index in [2.05, 4.69) is 5.32 Å². The molecule has 120 valence electrons. The zero-order chi connectivity index (χ0) is 17.2. The van der Waals surface area contributed by atoms with E-state index in [0.29, 0.717) is 16.8 Å². The monoisotopic (exact) mass is 322 g/mol. The average molecular weight is 322 g/mol. The molecule has 0 aromatic heterocycles. The molecule has 0 unspecified atom stereocenters. The van der Waals surface area contributed by atoms with Crippen molar-refractivity contribution in [2.24, 2.45) is 5.41 Å². The smallest absolute Gasteiger partial charge is 0.245 e. The first-order valence-electron chi connectivity index (χ1n) is 7.63. The van der Waals surface area contributed by atoms with E-state index in [4.69, 9.17) is 0 Å². The minimum absolute atomic E-state index is 0.0790. The normalized spacial score (nSPS) is 19.1. The SMILES string of the molecule is N#C[C@]1(CCC(=O)c2ccccc2)Cc2cc(F)ccc2NC1=O. The number of amides is 1. The summed E-state index contributed by atoms with van der Waals surface area (Å²) in [5.41, 5.74) is 0.281. The van der Waals surface area contributed by atoms with Crippen LogP contribution in [0.5, 0.6) is 0 Å². The van der Waals surface area contributed by atoms with Crippen molar-refractivity contribution in [2.75, 3.05) is 5.32 Å². The maximum atomic E-state index is 13.4. The van der Waals surface area contributed by atoms with E-state index < -0.39 is 17.1 Å². The molecule has 0 spiro atoms. The van der Waals surface area contributed by atoms with E-state index in [1.54, 1.807) is 24.3 Å². The Morgan fingerprint density at radius 1 is 1.25 bits per heavy atom. The Hall–Kier alpha value is -3.00. The highest BCUT2D eigenvalue weighted by Crippen LogP contribution is 2.37. The number of rotatable bonds is 4. The van der Waals surface area contributed by atoms with Crippen molar-refractivity contribution in [1.29, 1.82) is 5.26 Å². The highest BCUT2D eigenvalue weighted by atomic mass is 19.1. The minimum Gasteiger partial charge on any atom is -0.324 e. The summed E-state index contributed by atoms with van der Waals surface area (Å²) in [5.74, 6) is -0.981. The van der Waals surface area contributed by atoms with Crippen LogP contribution in [0.1, 0.15) is 28.8 Å². The predicted octanol–water partition coefficient (Wildman–Crippen LogP) is 3.49. The van der Waals surface area contributed by atoms with Crippen LogP contribution in [0.4, 0.5) is 10.1 Å². The molecule has 0 saturated carbocycles. The number of carbonyl (C=O) groups is 2. The highest BCUT2D eigenvalue weighted by Gasteiger charge is 2.43. The van der Waals surface area contributed by atoms with Crippen molar-refractivity contribution in [3.05, 3.63) is 65.5 Å². The molecule has 0 bridgehead atoms. The topological polar surface area (TPSA) is 70.0 Å². The molecule has 5 heteroatoms. The van der Waals surface area contributed by atoms with Crippen LogP contribution in [0, 0.1) is 22.6 Å². The molecule has 1 N–H and O–H groups in total. The number of benzene rings is 2. The fraction of sp³-hybridized carbons (Fsp3) is 0.211. The molecule has 2 aromatic carbocycles. The Kier molecular flexibility index (Phi) is 4.13. The van der Waals surface area contributed by atoms with Gasteiger partial charge in [0.1, 0.15) is 11.2 Å². The molecule has 1 aliphatic rings. The molecule has 3 rings (SSSR count). The number of hydrogen-bond acceptors (Lipinski definition) is 3. The number of ketones is 1. The van der Waals surface area contributed by atoms with Crippen molar-refractivity contribution in [3.63, 3.8) is 0 Å². The number of nitrogens with zero attached hydrogens (tertiary/aromatic N) is 1. The van der Waals surface area contributed by atoms with Gasteiger partial charge < -0.3 is 5.32 Å². The summed E-state index contributed by atoms with van der Waals surface area (Å²) in [4.78, 5) is 24.7. The number of nitriles is 1. The molecule has 2 aromatic rings. The number of carbonyl (C=O) groups excluding carboxylic acids is 2. The van der Waals surface area contributed by atoms with Crippen LogP contribution in [0.15, 0.2) is 48.5 Å². The van der Waals surface area contributed by atoms with Gasteiger partial charge in [-0.2, -0.15) is 5.26 Å². The van der Waals surface area contributed by atoms with Crippen LogP contribution in [-0.2, 0) is 11.2 Å². The van der Waals surface area contributed by atoms with Gasteiger partial charge in [0.15, 0.2) is 5.78 Å². The Bertz CT molecular complexity index is 842. The summed E-state index contributed by atoms with van der Waals surface area (Å²) in [6, 6.07) is 14.9. The summed E-state index contributed by atoms with van der Waals surface area (Å²) in [7, 11) is 0. The third-order valence-corrected chi connectivity index (χ3v) is 4.33. The summed E-state index contributed by atoms with van der Waals surface area (Å²) in [5, 5.41) is 12.2. The predicted molar refractivity (Wildman–Crippen MR) is 86.8 cm³/mol. The summed E-state index contributed by atoms with van der Waals surface area (Å²) < 4.78 is 13.4. The molecule has 1 aliphatic heterocycles. The molecular formula is C19H15FN2O2. The lowest BCUT2D eigenvalue weighted by Gasteiger charge is -2.31. The van der Waals surface area contributed by atoms with E-state index in [-0.39, 0.29) is 25.0 Å². The molecule has 0 radical (unpaired) electrons. The van der Waals surface area contributed by atoms with Crippen molar-refractivity contribution >= 4 is 17.4 Å². The van der Waals surface area contributed by atoms with Crippen molar-refractivity contribution in [1.82, 2.24) is 0 Å². The van der Waals surface area contributed by atoms with Gasteiger partial charge in [-0.25, -0.2) is 4.39 Å². The fourth-order valence-corrected chi connectivity index (χ4v) is 2.92. The summed E-state index contributed by atoms with van der Waals surface area (Å²) in [6.45, 7) is 0. The Morgan fingerprint density at radius 2 is 2.00 bits per heavy atom.